The number of thioether (sulfide) groups is 1. The molecule has 0 radical (unpaired) electrons. The molecule has 1 saturated heterocycles. The fraction of sp³-hybridized carbons (Fsp3) is 0.133. The van der Waals surface area contributed by atoms with Gasteiger partial charge in [-0.25, -0.2) is 0 Å². The van der Waals surface area contributed by atoms with Crippen LogP contribution in [0, 0.1) is 10.1 Å². The van der Waals surface area contributed by atoms with Crippen LogP contribution < -0.4 is 4.90 Å². The second-order valence-corrected chi connectivity index (χ2v) is 6.70. The normalized spacial score (nSPS) is 17.6. The first-order chi connectivity index (χ1) is 11.0. The number of nitrogens with zero attached hydrogens (tertiary/aromatic N) is 2. The largest absolute Gasteiger partial charge is 0.293 e. The van der Waals surface area contributed by atoms with Gasteiger partial charge in [-0.3, -0.25) is 19.8 Å². The molecule has 0 aromatic heterocycles. The van der Waals surface area contributed by atoms with Gasteiger partial charge in [0.25, 0.3) is 5.69 Å². The van der Waals surface area contributed by atoms with Crippen molar-refractivity contribution in [3.8, 4) is 0 Å². The number of nitro groups is 1. The van der Waals surface area contributed by atoms with Gasteiger partial charge in [-0.1, -0.05) is 29.3 Å². The zero-order valence-electron chi connectivity index (χ0n) is 11.6. The van der Waals surface area contributed by atoms with Crippen molar-refractivity contribution in [2.24, 2.45) is 0 Å². The van der Waals surface area contributed by atoms with Gasteiger partial charge in [0.15, 0.2) is 0 Å². The number of carbonyl (C=O) groups is 1. The molecule has 0 saturated carbocycles. The maximum absolute atomic E-state index is 12.3. The number of hydrogen-bond acceptors (Lipinski definition) is 4. The lowest BCUT2D eigenvalue weighted by atomic mass is 10.1. The van der Waals surface area contributed by atoms with E-state index in [0.29, 0.717) is 21.5 Å². The molecule has 8 heteroatoms. The summed E-state index contributed by atoms with van der Waals surface area (Å²) in [7, 11) is 0. The summed E-state index contributed by atoms with van der Waals surface area (Å²) in [6, 6.07) is 11.3. The van der Waals surface area contributed by atoms with Crippen LogP contribution in [0.4, 0.5) is 11.4 Å². The average molecular weight is 369 g/mol. The molecular weight excluding hydrogens is 359 g/mol. The quantitative estimate of drug-likeness (QED) is 0.582. The van der Waals surface area contributed by atoms with Gasteiger partial charge in [-0.2, -0.15) is 0 Å². The highest BCUT2D eigenvalue weighted by Crippen LogP contribution is 2.45. The molecule has 118 valence electrons. The van der Waals surface area contributed by atoms with Crippen molar-refractivity contribution < 1.29 is 9.72 Å². The van der Waals surface area contributed by atoms with E-state index in [1.54, 1.807) is 35.2 Å². The number of benzene rings is 2. The lowest BCUT2D eigenvalue weighted by Gasteiger charge is -2.25. The number of hydrogen-bond donors (Lipinski definition) is 0. The van der Waals surface area contributed by atoms with E-state index >= 15 is 0 Å². The molecule has 1 aliphatic rings. The Bertz CT molecular complexity index is 783. The number of amides is 1. The summed E-state index contributed by atoms with van der Waals surface area (Å²) in [6.45, 7) is 0. The highest BCUT2D eigenvalue weighted by Gasteiger charge is 2.35. The first-order valence-electron chi connectivity index (χ1n) is 6.61. The molecule has 1 amide bonds. The van der Waals surface area contributed by atoms with E-state index < -0.39 is 4.92 Å². The predicted octanol–water partition coefficient (Wildman–Crippen LogP) is 4.68. The Balaban J connectivity index is 2.00. The zero-order chi connectivity index (χ0) is 16.6. The molecule has 0 N–H and O–H groups in total. The summed E-state index contributed by atoms with van der Waals surface area (Å²) >= 11 is 13.7. The van der Waals surface area contributed by atoms with E-state index in [2.05, 4.69) is 0 Å². The third-order valence-electron chi connectivity index (χ3n) is 3.45. The molecule has 0 aliphatic carbocycles. The van der Waals surface area contributed by atoms with Crippen LogP contribution in [0.1, 0.15) is 10.9 Å². The molecule has 23 heavy (non-hydrogen) atoms. The highest BCUT2D eigenvalue weighted by molar-refractivity contribution is 8.00. The smallest absolute Gasteiger partial charge is 0.269 e. The Labute approximate surface area is 146 Å². The fourth-order valence-corrected chi connectivity index (χ4v) is 3.93. The van der Waals surface area contributed by atoms with Crippen molar-refractivity contribution >= 4 is 52.2 Å². The molecule has 3 rings (SSSR count). The van der Waals surface area contributed by atoms with Gasteiger partial charge in [-0.05, 0) is 29.8 Å². The van der Waals surface area contributed by atoms with E-state index in [0.717, 1.165) is 5.56 Å². The van der Waals surface area contributed by atoms with E-state index in [1.165, 1.54) is 23.9 Å². The van der Waals surface area contributed by atoms with Crippen molar-refractivity contribution in [3.05, 3.63) is 68.2 Å². The van der Waals surface area contributed by atoms with Gasteiger partial charge < -0.3 is 0 Å². The van der Waals surface area contributed by atoms with E-state index in [4.69, 9.17) is 23.2 Å². The first kappa shape index (κ1) is 16.1. The van der Waals surface area contributed by atoms with E-state index in [9.17, 15) is 14.9 Å². The predicted molar refractivity (Wildman–Crippen MR) is 92.2 cm³/mol. The molecule has 5 nitrogen and oxygen atoms in total. The van der Waals surface area contributed by atoms with Crippen molar-refractivity contribution in [1.82, 2.24) is 0 Å². The Morgan fingerprint density at radius 3 is 2.52 bits per heavy atom. The van der Waals surface area contributed by atoms with Crippen LogP contribution in [-0.2, 0) is 4.79 Å². The molecule has 0 bridgehead atoms. The molecule has 1 heterocycles. The Hall–Kier alpha value is -1.76. The van der Waals surface area contributed by atoms with Crippen LogP contribution in [0.15, 0.2) is 42.5 Å². The summed E-state index contributed by atoms with van der Waals surface area (Å²) < 4.78 is 0. The van der Waals surface area contributed by atoms with Crippen LogP contribution in [0.5, 0.6) is 0 Å². The summed E-state index contributed by atoms with van der Waals surface area (Å²) in [5.74, 6) is 0.229. The van der Waals surface area contributed by atoms with Crippen LogP contribution in [0.2, 0.25) is 10.0 Å². The molecule has 1 aliphatic heterocycles. The second-order valence-electron chi connectivity index (χ2n) is 4.85. The lowest BCUT2D eigenvalue weighted by Crippen LogP contribution is -2.28. The molecule has 0 unspecified atom stereocenters. The van der Waals surface area contributed by atoms with Gasteiger partial charge in [0, 0.05) is 12.1 Å². The van der Waals surface area contributed by atoms with Crippen molar-refractivity contribution in [3.63, 3.8) is 0 Å². The van der Waals surface area contributed by atoms with Gasteiger partial charge >= 0.3 is 0 Å². The number of rotatable bonds is 3. The minimum atomic E-state index is -0.456. The lowest BCUT2D eigenvalue weighted by molar-refractivity contribution is -0.384. The van der Waals surface area contributed by atoms with Crippen LogP contribution in [0.3, 0.4) is 0 Å². The minimum absolute atomic E-state index is 0.00964. The zero-order valence-corrected chi connectivity index (χ0v) is 13.9. The van der Waals surface area contributed by atoms with Crippen LogP contribution >= 0.6 is 35.0 Å². The van der Waals surface area contributed by atoms with Crippen molar-refractivity contribution in [2.75, 3.05) is 10.7 Å². The number of halogens is 2. The summed E-state index contributed by atoms with van der Waals surface area (Å²) in [5, 5.41) is 11.2. The summed E-state index contributed by atoms with van der Waals surface area (Å²) in [5.41, 5.74) is 1.34. The number of nitro benzene ring substituents is 1. The summed E-state index contributed by atoms with van der Waals surface area (Å²) in [4.78, 5) is 24.2. The molecular formula is C15H10Cl2N2O3S. The van der Waals surface area contributed by atoms with Gasteiger partial charge in [-0.15, -0.1) is 11.8 Å². The molecule has 1 fully saturated rings. The number of anilines is 1. The number of carbonyl (C=O) groups excluding carboxylic acids is 1. The molecule has 2 aromatic rings. The topological polar surface area (TPSA) is 63.4 Å². The minimum Gasteiger partial charge on any atom is -0.293 e. The van der Waals surface area contributed by atoms with E-state index in [1.807, 2.05) is 0 Å². The summed E-state index contributed by atoms with van der Waals surface area (Å²) in [6.07, 6.45) is 0. The van der Waals surface area contributed by atoms with E-state index in [-0.39, 0.29) is 17.0 Å². The SMILES string of the molecule is O=C1CS[C@@H](c2ccc([N+](=O)[O-])cc2)N1c1cccc(Cl)c1Cl. The van der Waals surface area contributed by atoms with Crippen molar-refractivity contribution in [1.29, 1.82) is 0 Å². The van der Waals surface area contributed by atoms with Crippen LogP contribution in [0.25, 0.3) is 0 Å². The Morgan fingerprint density at radius 2 is 1.87 bits per heavy atom. The average Bonchev–Trinajstić information content (AvgIpc) is 2.92. The molecule has 2 aromatic carbocycles. The number of non-ortho nitro benzene ring substituents is 1. The Kier molecular flexibility index (Phi) is 4.48. The maximum atomic E-state index is 12.3. The third kappa shape index (κ3) is 3.02. The maximum Gasteiger partial charge on any atom is 0.269 e. The standard InChI is InChI=1S/C15H10Cl2N2O3S/c16-11-2-1-3-12(14(11)17)18-13(20)8-23-15(18)9-4-6-10(7-5-9)19(21)22/h1-7,15H,8H2/t15-/m0/s1. The van der Waals surface area contributed by atoms with Gasteiger partial charge in [0.2, 0.25) is 5.91 Å². The molecule has 1 atom stereocenters. The highest BCUT2D eigenvalue weighted by atomic mass is 35.5. The van der Waals surface area contributed by atoms with Crippen molar-refractivity contribution in [2.45, 2.75) is 5.37 Å². The van der Waals surface area contributed by atoms with Crippen LogP contribution in [-0.4, -0.2) is 16.6 Å². The third-order valence-corrected chi connectivity index (χ3v) is 5.47. The first-order valence-corrected chi connectivity index (χ1v) is 8.41. The molecule has 0 spiro atoms. The van der Waals surface area contributed by atoms with Gasteiger partial charge in [0.05, 0.1) is 26.4 Å². The Morgan fingerprint density at radius 1 is 1.17 bits per heavy atom. The monoisotopic (exact) mass is 368 g/mol. The van der Waals surface area contributed by atoms with Gasteiger partial charge in [0.1, 0.15) is 5.37 Å². The fourth-order valence-electron chi connectivity index (χ4n) is 2.37. The second kappa shape index (κ2) is 6.39.